The van der Waals surface area contributed by atoms with Crippen LogP contribution in [0.25, 0.3) is 0 Å². The molecule has 2 aliphatic rings. The van der Waals surface area contributed by atoms with Crippen LogP contribution in [0.4, 0.5) is 0 Å². The highest BCUT2D eigenvalue weighted by atomic mass is 35.5. The number of rotatable bonds is 5. The Morgan fingerprint density at radius 3 is 2.65 bits per heavy atom. The molecule has 166 valence electrons. The van der Waals surface area contributed by atoms with Gasteiger partial charge in [-0.1, -0.05) is 37.2 Å². The zero-order valence-corrected chi connectivity index (χ0v) is 19.1. The lowest BCUT2D eigenvalue weighted by molar-refractivity contribution is -0.225. The molecule has 0 unspecified atom stereocenters. The number of nitrogens with one attached hydrogen (secondary N) is 2. The van der Waals surface area contributed by atoms with Crippen molar-refractivity contribution in [1.82, 2.24) is 20.5 Å². The molecule has 0 bridgehead atoms. The number of carbonyl (C=O) groups excluding carboxylic acids is 2. The van der Waals surface area contributed by atoms with Crippen LogP contribution in [0.5, 0.6) is 0 Å². The van der Waals surface area contributed by atoms with Crippen LogP contribution in [-0.4, -0.2) is 40.2 Å². The van der Waals surface area contributed by atoms with Crippen LogP contribution in [0, 0.1) is 5.92 Å². The lowest BCUT2D eigenvalue weighted by atomic mass is 9.94. The van der Waals surface area contributed by atoms with Crippen molar-refractivity contribution >= 4 is 35.3 Å². The Kier molecular flexibility index (Phi) is 6.55. The first-order valence-electron chi connectivity index (χ1n) is 10.4. The molecular formula is C21H25ClN4O4S. The third-order valence-electron chi connectivity index (χ3n) is 5.24. The predicted octanol–water partition coefficient (Wildman–Crippen LogP) is 3.13. The molecule has 2 N–H and O–H groups in total. The summed E-state index contributed by atoms with van der Waals surface area (Å²) in [6.45, 7) is 5.10. The zero-order chi connectivity index (χ0) is 22.0. The number of halogens is 1. The van der Waals surface area contributed by atoms with E-state index >= 15 is 0 Å². The average molecular weight is 465 g/mol. The SMILES string of the molecule is CC(C)Cc1nc(SCc2c(Cl)ccc3c2CCNCC32OC(=O)CCC(=O)O2)n[nH]1. The molecule has 0 radical (unpaired) electrons. The van der Waals surface area contributed by atoms with Crippen molar-refractivity contribution in [3.05, 3.63) is 39.7 Å². The van der Waals surface area contributed by atoms with Gasteiger partial charge < -0.3 is 14.8 Å². The number of esters is 2. The molecule has 1 fully saturated rings. The van der Waals surface area contributed by atoms with Crippen LogP contribution in [0.15, 0.2) is 17.3 Å². The van der Waals surface area contributed by atoms with E-state index in [1.807, 2.05) is 0 Å². The molecule has 3 heterocycles. The monoisotopic (exact) mass is 464 g/mol. The third-order valence-corrected chi connectivity index (χ3v) is 6.47. The number of ether oxygens (including phenoxy) is 2. The van der Waals surface area contributed by atoms with E-state index in [4.69, 9.17) is 21.1 Å². The molecule has 2 aromatic rings. The van der Waals surface area contributed by atoms with Crippen molar-refractivity contribution in [3.8, 4) is 0 Å². The molecule has 0 atom stereocenters. The molecule has 0 saturated carbocycles. The van der Waals surface area contributed by atoms with Crippen molar-refractivity contribution < 1.29 is 19.1 Å². The molecule has 2 aliphatic heterocycles. The molecule has 1 aromatic heterocycles. The summed E-state index contributed by atoms with van der Waals surface area (Å²) in [5.74, 6) is -0.501. The Labute approximate surface area is 189 Å². The summed E-state index contributed by atoms with van der Waals surface area (Å²) < 4.78 is 11.4. The zero-order valence-electron chi connectivity index (χ0n) is 17.5. The van der Waals surface area contributed by atoms with Crippen molar-refractivity contribution in [2.45, 2.75) is 56.2 Å². The maximum absolute atomic E-state index is 12.2. The summed E-state index contributed by atoms with van der Waals surface area (Å²) in [5.41, 5.74) is 2.49. The van der Waals surface area contributed by atoms with E-state index in [1.165, 1.54) is 11.8 Å². The highest BCUT2D eigenvalue weighted by Gasteiger charge is 2.45. The normalized spacial score (nSPS) is 18.3. The van der Waals surface area contributed by atoms with Gasteiger partial charge in [0, 0.05) is 22.8 Å². The Hall–Kier alpha value is -2.10. The van der Waals surface area contributed by atoms with E-state index in [0.717, 1.165) is 23.4 Å². The Morgan fingerprint density at radius 1 is 1.19 bits per heavy atom. The molecule has 31 heavy (non-hydrogen) atoms. The van der Waals surface area contributed by atoms with Crippen LogP contribution >= 0.6 is 23.4 Å². The first-order chi connectivity index (χ1) is 14.9. The van der Waals surface area contributed by atoms with Gasteiger partial charge in [0.05, 0.1) is 19.4 Å². The van der Waals surface area contributed by atoms with Crippen LogP contribution < -0.4 is 5.32 Å². The molecular weight excluding hydrogens is 440 g/mol. The maximum Gasteiger partial charge on any atom is 0.309 e. The van der Waals surface area contributed by atoms with Gasteiger partial charge in [-0.25, -0.2) is 4.98 Å². The predicted molar refractivity (Wildman–Crippen MR) is 116 cm³/mol. The number of carbonyl (C=O) groups is 2. The fourth-order valence-electron chi connectivity index (χ4n) is 3.86. The smallest absolute Gasteiger partial charge is 0.309 e. The minimum absolute atomic E-state index is 0.00968. The molecule has 1 spiro atoms. The van der Waals surface area contributed by atoms with Crippen LogP contribution in [0.2, 0.25) is 5.02 Å². The maximum atomic E-state index is 12.2. The number of thioether (sulfide) groups is 1. The van der Waals surface area contributed by atoms with Gasteiger partial charge in [-0.05, 0) is 42.1 Å². The lowest BCUT2D eigenvalue weighted by Crippen LogP contribution is -2.43. The lowest BCUT2D eigenvalue weighted by Gasteiger charge is -2.32. The van der Waals surface area contributed by atoms with Crippen molar-refractivity contribution in [1.29, 1.82) is 0 Å². The Morgan fingerprint density at radius 2 is 1.94 bits per heavy atom. The highest BCUT2D eigenvalue weighted by Crippen LogP contribution is 2.39. The topological polar surface area (TPSA) is 106 Å². The van der Waals surface area contributed by atoms with E-state index in [1.54, 1.807) is 12.1 Å². The average Bonchev–Trinajstić information content (AvgIpc) is 2.99. The van der Waals surface area contributed by atoms with Gasteiger partial charge in [-0.15, -0.1) is 5.10 Å². The highest BCUT2D eigenvalue weighted by molar-refractivity contribution is 7.98. The summed E-state index contributed by atoms with van der Waals surface area (Å²) in [6, 6.07) is 3.55. The fourth-order valence-corrected chi connectivity index (χ4v) is 5.07. The van der Waals surface area contributed by atoms with E-state index < -0.39 is 17.7 Å². The van der Waals surface area contributed by atoms with Crippen molar-refractivity contribution in [2.24, 2.45) is 5.92 Å². The number of hydrogen-bond acceptors (Lipinski definition) is 8. The van der Waals surface area contributed by atoms with Gasteiger partial charge in [-0.2, -0.15) is 0 Å². The van der Waals surface area contributed by atoms with Gasteiger partial charge in [-0.3, -0.25) is 14.7 Å². The minimum atomic E-state index is -1.48. The van der Waals surface area contributed by atoms with E-state index in [-0.39, 0.29) is 19.4 Å². The molecule has 1 saturated heterocycles. The summed E-state index contributed by atoms with van der Waals surface area (Å²) in [5, 5.41) is 11.8. The van der Waals surface area contributed by atoms with Gasteiger partial charge in [0.1, 0.15) is 5.82 Å². The largest absolute Gasteiger partial charge is 0.416 e. The number of fused-ring (bicyclic) bond motifs is 2. The molecule has 0 aliphatic carbocycles. The first kappa shape index (κ1) is 22.1. The van der Waals surface area contributed by atoms with Crippen LogP contribution in [0.3, 0.4) is 0 Å². The first-order valence-corrected chi connectivity index (χ1v) is 11.7. The Balaban J connectivity index is 1.65. The van der Waals surface area contributed by atoms with Gasteiger partial charge in [0.2, 0.25) is 5.16 Å². The number of hydrogen-bond donors (Lipinski definition) is 2. The van der Waals surface area contributed by atoms with Crippen LogP contribution in [-0.2, 0) is 43.4 Å². The third kappa shape index (κ3) is 4.88. The van der Waals surface area contributed by atoms with E-state index in [0.29, 0.717) is 40.4 Å². The van der Waals surface area contributed by atoms with Gasteiger partial charge in [0.25, 0.3) is 5.79 Å². The molecule has 8 nitrogen and oxygen atoms in total. The molecule has 0 amide bonds. The number of nitrogens with zero attached hydrogens (tertiary/aromatic N) is 2. The van der Waals surface area contributed by atoms with E-state index in [9.17, 15) is 9.59 Å². The summed E-state index contributed by atoms with van der Waals surface area (Å²) in [4.78, 5) is 29.0. The van der Waals surface area contributed by atoms with Crippen LogP contribution in [0.1, 0.15) is 49.2 Å². The Bertz CT molecular complexity index is 976. The van der Waals surface area contributed by atoms with Gasteiger partial charge >= 0.3 is 11.9 Å². The number of aromatic amines is 1. The summed E-state index contributed by atoms with van der Waals surface area (Å²) in [6.07, 6.45) is 1.51. The fraction of sp³-hybridized carbons (Fsp3) is 0.524. The number of benzene rings is 1. The number of H-pyrrole nitrogens is 1. The van der Waals surface area contributed by atoms with Crippen molar-refractivity contribution in [2.75, 3.05) is 13.1 Å². The second-order valence-corrected chi connectivity index (χ2v) is 9.48. The quantitative estimate of drug-likeness (QED) is 0.513. The minimum Gasteiger partial charge on any atom is -0.416 e. The van der Waals surface area contributed by atoms with Crippen molar-refractivity contribution in [3.63, 3.8) is 0 Å². The number of aromatic nitrogens is 3. The molecule has 10 heteroatoms. The summed E-state index contributed by atoms with van der Waals surface area (Å²) in [7, 11) is 0. The van der Waals surface area contributed by atoms with E-state index in [2.05, 4.69) is 34.3 Å². The second kappa shape index (κ2) is 9.18. The summed E-state index contributed by atoms with van der Waals surface area (Å²) >= 11 is 8.06. The molecule has 1 aromatic carbocycles. The molecule has 4 rings (SSSR count). The van der Waals surface area contributed by atoms with Gasteiger partial charge in [0.15, 0.2) is 0 Å². The standard InChI is InChI=1S/C21H25ClN4O4S/c1-12(2)9-17-24-20(26-25-17)31-10-14-13-7-8-23-11-21(15(13)3-4-16(14)22)29-18(27)5-6-19(28)30-21/h3-4,12,23H,5-11H2,1-2H3,(H,24,25,26). The second-order valence-electron chi connectivity index (χ2n) is 8.13.